The van der Waals surface area contributed by atoms with Crippen molar-refractivity contribution in [3.8, 4) is 11.5 Å². The lowest BCUT2D eigenvalue weighted by atomic mass is 9.94. The van der Waals surface area contributed by atoms with Crippen molar-refractivity contribution < 1.29 is 38.1 Å². The zero-order valence-corrected chi connectivity index (χ0v) is 32.6. The summed E-state index contributed by atoms with van der Waals surface area (Å²) in [5.41, 5.74) is -0.311. The third-order valence-electron chi connectivity index (χ3n) is 13.0. The Balaban J connectivity index is 0.000000150. The monoisotopic (exact) mass is 802 g/mol. The molecule has 0 unspecified atom stereocenters. The number of benzene rings is 2. The fraction of sp³-hybridized carbons (Fsp3) is 0.524. The average molecular weight is 803 g/mol. The molecule has 4 N–H and O–H groups in total. The van der Waals surface area contributed by atoms with Crippen LogP contribution in [-0.4, -0.2) is 96.9 Å². The maximum Gasteiger partial charge on any atom is 0.341 e. The van der Waals surface area contributed by atoms with E-state index < -0.39 is 34.4 Å². The molecule has 6 fully saturated rings. The molecule has 0 radical (unpaired) electrons. The Bertz CT molecular complexity index is 2270. The van der Waals surface area contributed by atoms with Gasteiger partial charge < -0.3 is 49.3 Å². The first kappa shape index (κ1) is 38.3. The standard InChI is InChI=1S/2C21H24FN3O4/c2*1-29-20-17-13(19(26)14(21(27)28)9-25(17)12-4-5-12)7-15(22)18(20)24-8-11-3-2-6-23-16(11)10-24/h2*7,9,11-12,16,23H,2-6,8,10H2,1H3,(H,27,28)/t2*11-,16+/m00/s1. The van der Waals surface area contributed by atoms with E-state index in [1.54, 1.807) is 9.13 Å². The molecule has 0 amide bonds. The number of carboxylic acids is 2. The average Bonchev–Trinajstić information content (AvgIpc) is 4.15. The zero-order chi connectivity index (χ0) is 40.6. The summed E-state index contributed by atoms with van der Waals surface area (Å²) in [4.78, 5) is 52.7. The van der Waals surface area contributed by atoms with E-state index in [1.165, 1.54) is 38.7 Å². The fourth-order valence-electron chi connectivity index (χ4n) is 9.91. The van der Waals surface area contributed by atoms with Crippen LogP contribution in [0.2, 0.25) is 0 Å². The van der Waals surface area contributed by atoms with Gasteiger partial charge in [0.1, 0.15) is 22.5 Å². The highest BCUT2D eigenvalue weighted by Crippen LogP contribution is 2.47. The molecular formula is C42H48F2N6O8. The molecule has 0 spiro atoms. The van der Waals surface area contributed by atoms with Gasteiger partial charge in [0.05, 0.1) is 36.0 Å². The molecule has 4 atom stereocenters. The Hall–Kier alpha value is -5.22. The SMILES string of the molecule is COc1c(N2C[C@@H]3CCCN[C@@H]3C2)c(F)cc2c(=O)c(C(=O)O)cn(C3CC3)c12.COc1c(N2C[C@@H]3CCCN[C@@H]3C2)c(F)cc2c(=O)c(C(=O)O)cn(C3CC3)c12. The van der Waals surface area contributed by atoms with Crippen LogP contribution in [0.4, 0.5) is 20.2 Å². The normalized spacial score (nSPS) is 24.0. The number of piperidine rings is 2. The highest BCUT2D eigenvalue weighted by molar-refractivity contribution is 5.98. The minimum absolute atomic E-state index is 0.0599. The van der Waals surface area contributed by atoms with E-state index >= 15 is 8.78 Å². The molecule has 58 heavy (non-hydrogen) atoms. The number of rotatable bonds is 8. The van der Waals surface area contributed by atoms with Crippen LogP contribution >= 0.6 is 0 Å². The number of aromatic nitrogens is 2. The largest absolute Gasteiger partial charge is 0.492 e. The van der Waals surface area contributed by atoms with E-state index in [0.717, 1.165) is 77.5 Å². The summed E-state index contributed by atoms with van der Waals surface area (Å²) in [6.45, 7) is 4.79. The van der Waals surface area contributed by atoms with Crippen LogP contribution in [0.5, 0.6) is 11.5 Å². The van der Waals surface area contributed by atoms with E-state index in [2.05, 4.69) is 10.6 Å². The molecule has 2 aromatic carbocycles. The maximum absolute atomic E-state index is 15.3. The lowest BCUT2D eigenvalue weighted by molar-refractivity contribution is 0.0684. The van der Waals surface area contributed by atoms with Gasteiger partial charge in [-0.1, -0.05) is 0 Å². The second-order valence-corrected chi connectivity index (χ2v) is 16.6. The third kappa shape index (κ3) is 6.53. The number of hydrogen-bond donors (Lipinski definition) is 4. The second kappa shape index (κ2) is 14.9. The smallest absolute Gasteiger partial charge is 0.341 e. The third-order valence-corrected chi connectivity index (χ3v) is 13.0. The van der Waals surface area contributed by atoms with E-state index in [0.29, 0.717) is 70.9 Å². The Labute approximate surface area is 332 Å². The number of ether oxygens (including phenoxy) is 2. The van der Waals surface area contributed by atoms with Gasteiger partial charge in [-0.05, 0) is 88.4 Å². The molecule has 0 bridgehead atoms. The van der Waals surface area contributed by atoms with Gasteiger partial charge in [0.2, 0.25) is 10.9 Å². The summed E-state index contributed by atoms with van der Waals surface area (Å²) in [5, 5.41) is 26.0. The quantitative estimate of drug-likeness (QED) is 0.194. The Kier molecular flexibility index (Phi) is 9.82. The summed E-state index contributed by atoms with van der Waals surface area (Å²) in [7, 11) is 2.96. The van der Waals surface area contributed by atoms with Crippen LogP contribution in [0, 0.1) is 23.5 Å². The number of nitrogens with one attached hydrogen (secondary N) is 2. The number of methoxy groups -OCH3 is 2. The number of pyridine rings is 2. The van der Waals surface area contributed by atoms with E-state index in [-0.39, 0.29) is 34.0 Å². The Morgan fingerprint density at radius 1 is 0.655 bits per heavy atom. The first-order valence-corrected chi connectivity index (χ1v) is 20.3. The molecule has 2 saturated carbocycles. The number of anilines is 2. The van der Waals surface area contributed by atoms with Gasteiger partial charge in [0, 0.05) is 62.7 Å². The molecule has 6 heterocycles. The number of carboxylic acid groups (broad SMARTS) is 2. The lowest BCUT2D eigenvalue weighted by Gasteiger charge is -2.25. The number of halogens is 2. The fourth-order valence-corrected chi connectivity index (χ4v) is 9.91. The van der Waals surface area contributed by atoms with Crippen LogP contribution < -0.4 is 40.8 Å². The van der Waals surface area contributed by atoms with Crippen molar-refractivity contribution in [1.82, 2.24) is 19.8 Å². The molecule has 14 nitrogen and oxygen atoms in total. The van der Waals surface area contributed by atoms with Crippen molar-refractivity contribution in [2.24, 2.45) is 11.8 Å². The number of carbonyl (C=O) groups is 2. The molecule has 4 aliphatic heterocycles. The molecule has 308 valence electrons. The maximum atomic E-state index is 15.3. The topological polar surface area (TPSA) is 168 Å². The number of hydrogen-bond acceptors (Lipinski definition) is 10. The van der Waals surface area contributed by atoms with Crippen molar-refractivity contribution in [2.45, 2.75) is 75.5 Å². The molecule has 6 aliphatic rings. The molecule has 4 aromatic rings. The minimum Gasteiger partial charge on any atom is -0.492 e. The molecule has 16 heteroatoms. The highest BCUT2D eigenvalue weighted by Gasteiger charge is 2.40. The Morgan fingerprint density at radius 2 is 1.05 bits per heavy atom. The first-order valence-electron chi connectivity index (χ1n) is 20.3. The molecule has 2 aromatic heterocycles. The summed E-state index contributed by atoms with van der Waals surface area (Å²) >= 11 is 0. The molecular weight excluding hydrogens is 754 g/mol. The van der Waals surface area contributed by atoms with Gasteiger partial charge in [0.15, 0.2) is 23.1 Å². The molecule has 2 aliphatic carbocycles. The summed E-state index contributed by atoms with van der Waals surface area (Å²) < 4.78 is 45.6. The van der Waals surface area contributed by atoms with Gasteiger partial charge in [-0.25, -0.2) is 18.4 Å². The van der Waals surface area contributed by atoms with Crippen LogP contribution in [0.25, 0.3) is 21.8 Å². The summed E-state index contributed by atoms with van der Waals surface area (Å²) in [6.07, 6.45) is 10.8. The zero-order valence-electron chi connectivity index (χ0n) is 32.6. The van der Waals surface area contributed by atoms with Crippen LogP contribution in [0.1, 0.15) is 84.2 Å². The van der Waals surface area contributed by atoms with Gasteiger partial charge in [-0.3, -0.25) is 9.59 Å². The van der Waals surface area contributed by atoms with Gasteiger partial charge in [-0.15, -0.1) is 0 Å². The van der Waals surface area contributed by atoms with Gasteiger partial charge in [-0.2, -0.15) is 0 Å². The Morgan fingerprint density at radius 3 is 1.38 bits per heavy atom. The number of fused-ring (bicyclic) bond motifs is 4. The number of nitrogens with zero attached hydrogens (tertiary/aromatic N) is 4. The van der Waals surface area contributed by atoms with Crippen LogP contribution in [0.3, 0.4) is 0 Å². The van der Waals surface area contributed by atoms with Gasteiger partial charge in [0.25, 0.3) is 0 Å². The first-order chi connectivity index (χ1) is 28.0. The van der Waals surface area contributed by atoms with Crippen molar-refractivity contribution in [2.75, 3.05) is 63.3 Å². The number of aromatic carboxylic acids is 2. The second-order valence-electron chi connectivity index (χ2n) is 16.6. The van der Waals surface area contributed by atoms with Crippen LogP contribution in [-0.2, 0) is 0 Å². The van der Waals surface area contributed by atoms with Crippen LogP contribution in [0.15, 0.2) is 34.1 Å². The van der Waals surface area contributed by atoms with Crippen molar-refractivity contribution in [1.29, 1.82) is 0 Å². The van der Waals surface area contributed by atoms with Gasteiger partial charge >= 0.3 is 11.9 Å². The van der Waals surface area contributed by atoms with E-state index in [4.69, 9.17) is 9.47 Å². The molecule has 4 saturated heterocycles. The highest BCUT2D eigenvalue weighted by atomic mass is 19.1. The lowest BCUT2D eigenvalue weighted by Crippen LogP contribution is -2.40. The van der Waals surface area contributed by atoms with E-state index in [1.807, 2.05) is 9.80 Å². The molecule has 10 rings (SSSR count). The predicted molar refractivity (Wildman–Crippen MR) is 213 cm³/mol. The van der Waals surface area contributed by atoms with Crippen molar-refractivity contribution in [3.05, 3.63) is 67.7 Å². The summed E-state index contributed by atoms with van der Waals surface area (Å²) in [6, 6.07) is 3.23. The van der Waals surface area contributed by atoms with Crippen molar-refractivity contribution >= 4 is 45.1 Å². The predicted octanol–water partition coefficient (Wildman–Crippen LogP) is 4.74. The van der Waals surface area contributed by atoms with E-state index in [9.17, 15) is 29.4 Å². The summed E-state index contributed by atoms with van der Waals surface area (Å²) in [5.74, 6) is -2.13. The minimum atomic E-state index is -1.30. The van der Waals surface area contributed by atoms with Crippen molar-refractivity contribution in [3.63, 3.8) is 0 Å².